The monoisotopic (exact) mass is 1290 g/mol. The second-order valence-electron chi connectivity index (χ2n) is 26.8. The summed E-state index contributed by atoms with van der Waals surface area (Å²) < 4.78 is 22.9. The second-order valence-corrected chi connectivity index (χ2v) is 26.8. The van der Waals surface area contributed by atoms with Gasteiger partial charge >= 0.3 is 0 Å². The van der Waals surface area contributed by atoms with E-state index in [2.05, 4.69) is 67.8 Å². The highest BCUT2D eigenvalue weighted by Gasteiger charge is 2.51. The van der Waals surface area contributed by atoms with E-state index in [0.29, 0.717) is 12.8 Å². The highest BCUT2D eigenvalue weighted by atomic mass is 16.7. The van der Waals surface area contributed by atoms with Gasteiger partial charge in [-0.3, -0.25) is 4.79 Å². The van der Waals surface area contributed by atoms with Gasteiger partial charge in [-0.1, -0.05) is 306 Å². The largest absolute Gasteiger partial charge is 0.394 e. The lowest BCUT2D eigenvalue weighted by atomic mass is 9.97. The predicted molar refractivity (Wildman–Crippen MR) is 374 cm³/mol. The standard InChI is InChI=1S/C77H141NO13/c1-3-5-7-9-11-13-15-17-19-21-23-25-27-29-31-33-35-37-39-41-43-45-47-49-51-53-55-57-59-61-69(82)78-65(64-88-76-74(87)72(85)75(68(63-80)90-76)91-77-73(86)71(84)70(83)67(62-79)89-77)66(81)60-58-56-54-52-50-48-46-44-42-40-38-36-34-32-30-28-26-24-22-20-18-16-14-12-10-8-6-4-2/h15,17,21,23,42,44,50,52,58,60,65-68,70-77,79-81,83-87H,3-14,16,18-20,22,24-41,43,45-49,51,53-57,59,61-64H2,1-2H3,(H,78,82)/b17-15-,23-21-,44-42+,52-50+,60-58+. The summed E-state index contributed by atoms with van der Waals surface area (Å²) in [5.74, 6) is -0.249. The summed E-state index contributed by atoms with van der Waals surface area (Å²) >= 11 is 0. The lowest BCUT2D eigenvalue weighted by molar-refractivity contribution is -0.359. The minimum atomic E-state index is -1.79. The number of hydrogen-bond acceptors (Lipinski definition) is 13. The maximum absolute atomic E-state index is 13.4. The van der Waals surface area contributed by atoms with E-state index in [9.17, 15) is 45.6 Å². The maximum atomic E-state index is 13.4. The van der Waals surface area contributed by atoms with E-state index in [1.807, 2.05) is 6.08 Å². The summed E-state index contributed by atoms with van der Waals surface area (Å²) in [5, 5.41) is 87.5. The summed E-state index contributed by atoms with van der Waals surface area (Å²) in [7, 11) is 0. The van der Waals surface area contributed by atoms with Crippen molar-refractivity contribution in [1.29, 1.82) is 0 Å². The number of hydrogen-bond donors (Lipinski definition) is 9. The molecule has 14 nitrogen and oxygen atoms in total. The molecule has 2 aliphatic rings. The Morgan fingerprint density at radius 3 is 1.14 bits per heavy atom. The molecule has 2 aliphatic heterocycles. The van der Waals surface area contributed by atoms with Crippen LogP contribution >= 0.6 is 0 Å². The molecular weight excluding hydrogens is 1150 g/mol. The van der Waals surface area contributed by atoms with Crippen LogP contribution in [-0.2, 0) is 23.7 Å². The normalized spacial score (nSPS) is 23.1. The Morgan fingerprint density at radius 1 is 0.396 bits per heavy atom. The number of carbonyl (C=O) groups excluding carboxylic acids is 1. The molecule has 0 bridgehead atoms. The van der Waals surface area contributed by atoms with E-state index in [1.54, 1.807) is 6.08 Å². The molecule has 0 saturated carbocycles. The molecule has 9 N–H and O–H groups in total. The van der Waals surface area contributed by atoms with Crippen molar-refractivity contribution < 1.29 is 64.6 Å². The van der Waals surface area contributed by atoms with Crippen LogP contribution in [0.5, 0.6) is 0 Å². The van der Waals surface area contributed by atoms with Crippen LogP contribution in [0.4, 0.5) is 0 Å². The Hall–Kier alpha value is -2.31. The van der Waals surface area contributed by atoms with Gasteiger partial charge < -0.3 is 65.1 Å². The molecule has 0 aromatic heterocycles. The quantitative estimate of drug-likeness (QED) is 0.0204. The zero-order chi connectivity index (χ0) is 65.9. The van der Waals surface area contributed by atoms with Gasteiger partial charge in [-0.15, -0.1) is 0 Å². The van der Waals surface area contributed by atoms with Gasteiger partial charge in [-0.05, 0) is 77.0 Å². The zero-order valence-electron chi connectivity index (χ0n) is 58.1. The van der Waals surface area contributed by atoms with E-state index in [1.165, 1.54) is 244 Å². The van der Waals surface area contributed by atoms with Gasteiger partial charge in [-0.25, -0.2) is 0 Å². The molecule has 0 aromatic carbocycles. The third-order valence-electron chi connectivity index (χ3n) is 18.4. The van der Waals surface area contributed by atoms with Crippen LogP contribution in [0.1, 0.15) is 328 Å². The van der Waals surface area contributed by atoms with Crippen molar-refractivity contribution in [1.82, 2.24) is 5.32 Å². The minimum Gasteiger partial charge on any atom is -0.394 e. The SMILES string of the molecule is CCCCCCC/C=C\C/C=C\CCCCCCCCCCCCCCCCCCCC(=O)NC(COC1OC(CO)C(OC2OC(CO)C(O)C(O)C2O)C(O)C1O)C(O)/C=C/CC/C=C/CC/C=C/CCCCCCCCCCCCCCCCCCCC. The summed E-state index contributed by atoms with van der Waals surface area (Å²) in [6.07, 6.45) is 65.8. The number of amides is 1. The molecular formula is C77H141NO13. The first kappa shape index (κ1) is 84.8. The van der Waals surface area contributed by atoms with Crippen molar-refractivity contribution in [2.24, 2.45) is 0 Å². The molecule has 0 spiro atoms. The van der Waals surface area contributed by atoms with Crippen LogP contribution in [0.15, 0.2) is 60.8 Å². The second kappa shape index (κ2) is 61.3. The first-order chi connectivity index (χ1) is 44.6. The molecule has 14 heteroatoms. The molecule has 2 fully saturated rings. The lowest BCUT2D eigenvalue weighted by Crippen LogP contribution is -2.65. The molecule has 2 heterocycles. The van der Waals surface area contributed by atoms with Gasteiger partial charge in [-0.2, -0.15) is 0 Å². The molecule has 2 rings (SSSR count). The number of aliphatic hydroxyl groups excluding tert-OH is 8. The fraction of sp³-hybridized carbons (Fsp3) is 0.857. The van der Waals surface area contributed by atoms with Gasteiger partial charge in [0.1, 0.15) is 48.8 Å². The topological polar surface area (TPSA) is 228 Å². The first-order valence-corrected chi connectivity index (χ1v) is 38.0. The molecule has 532 valence electrons. The fourth-order valence-corrected chi connectivity index (χ4v) is 12.4. The average molecular weight is 1290 g/mol. The van der Waals surface area contributed by atoms with E-state index in [0.717, 1.165) is 51.4 Å². The highest BCUT2D eigenvalue weighted by molar-refractivity contribution is 5.76. The third kappa shape index (κ3) is 44.9. The van der Waals surface area contributed by atoms with Crippen molar-refractivity contribution in [2.45, 2.75) is 402 Å². The van der Waals surface area contributed by atoms with E-state index < -0.39 is 86.8 Å². The molecule has 12 atom stereocenters. The van der Waals surface area contributed by atoms with Crippen LogP contribution < -0.4 is 5.32 Å². The molecule has 0 radical (unpaired) electrons. The lowest BCUT2D eigenvalue weighted by Gasteiger charge is -2.46. The Morgan fingerprint density at radius 2 is 0.736 bits per heavy atom. The molecule has 2 saturated heterocycles. The van der Waals surface area contributed by atoms with E-state index in [4.69, 9.17) is 18.9 Å². The molecule has 12 unspecified atom stereocenters. The molecule has 91 heavy (non-hydrogen) atoms. The van der Waals surface area contributed by atoms with Crippen LogP contribution in [-0.4, -0.2) is 140 Å². The number of allylic oxidation sites excluding steroid dienone is 9. The van der Waals surface area contributed by atoms with Crippen LogP contribution in [0.3, 0.4) is 0 Å². The third-order valence-corrected chi connectivity index (χ3v) is 18.4. The Bertz CT molecular complexity index is 1760. The van der Waals surface area contributed by atoms with Crippen molar-refractivity contribution in [3.05, 3.63) is 60.8 Å². The number of aliphatic hydroxyl groups is 8. The van der Waals surface area contributed by atoms with E-state index >= 15 is 0 Å². The number of ether oxygens (including phenoxy) is 4. The zero-order valence-corrected chi connectivity index (χ0v) is 58.1. The van der Waals surface area contributed by atoms with Crippen molar-refractivity contribution in [3.8, 4) is 0 Å². The van der Waals surface area contributed by atoms with Crippen LogP contribution in [0.25, 0.3) is 0 Å². The summed E-state index contributed by atoms with van der Waals surface area (Å²) in [5.41, 5.74) is 0. The summed E-state index contributed by atoms with van der Waals surface area (Å²) in [4.78, 5) is 13.4. The first-order valence-electron chi connectivity index (χ1n) is 38.0. The average Bonchev–Trinajstić information content (AvgIpc) is 1.06. The summed E-state index contributed by atoms with van der Waals surface area (Å²) in [6, 6.07) is -0.941. The van der Waals surface area contributed by atoms with Gasteiger partial charge in [0.15, 0.2) is 12.6 Å². The highest BCUT2D eigenvalue weighted by Crippen LogP contribution is 2.30. The number of rotatable bonds is 63. The molecule has 1 amide bonds. The van der Waals surface area contributed by atoms with Crippen molar-refractivity contribution in [2.75, 3.05) is 19.8 Å². The predicted octanol–water partition coefficient (Wildman–Crippen LogP) is 16.4. The van der Waals surface area contributed by atoms with Crippen LogP contribution in [0, 0.1) is 0 Å². The van der Waals surface area contributed by atoms with Gasteiger partial charge in [0.2, 0.25) is 5.91 Å². The smallest absolute Gasteiger partial charge is 0.220 e. The molecule has 0 aromatic rings. The van der Waals surface area contributed by atoms with Crippen LogP contribution in [0.2, 0.25) is 0 Å². The molecule has 0 aliphatic carbocycles. The number of unbranched alkanes of at least 4 members (excludes halogenated alkanes) is 42. The van der Waals surface area contributed by atoms with Gasteiger partial charge in [0.05, 0.1) is 32.0 Å². The van der Waals surface area contributed by atoms with Gasteiger partial charge in [0.25, 0.3) is 0 Å². The minimum absolute atomic E-state index is 0.249. The fourth-order valence-electron chi connectivity index (χ4n) is 12.4. The van der Waals surface area contributed by atoms with E-state index in [-0.39, 0.29) is 18.9 Å². The number of carbonyl (C=O) groups is 1. The Labute approximate surface area is 556 Å². The maximum Gasteiger partial charge on any atom is 0.220 e. The van der Waals surface area contributed by atoms with Crippen molar-refractivity contribution in [3.63, 3.8) is 0 Å². The number of nitrogens with one attached hydrogen (secondary N) is 1. The van der Waals surface area contributed by atoms with Crippen molar-refractivity contribution >= 4 is 5.91 Å². The Kier molecular flexibility index (Phi) is 57.1. The Balaban J connectivity index is 1.67. The summed E-state index contributed by atoms with van der Waals surface area (Å²) in [6.45, 7) is 2.81. The van der Waals surface area contributed by atoms with Gasteiger partial charge in [0, 0.05) is 6.42 Å².